The summed E-state index contributed by atoms with van der Waals surface area (Å²) in [6.45, 7) is 7.53. The van der Waals surface area contributed by atoms with E-state index < -0.39 is 12.2 Å². The number of likely N-dealkylation sites (tertiary alicyclic amines) is 1. The van der Waals surface area contributed by atoms with Gasteiger partial charge in [-0.25, -0.2) is 4.99 Å². The van der Waals surface area contributed by atoms with Crippen molar-refractivity contribution in [2.24, 2.45) is 22.6 Å². The number of aliphatic hydroxyl groups excluding tert-OH is 2. The molecule has 4 aliphatic rings. The minimum atomic E-state index is -0.840. The molecule has 4 rings (SSSR count). The zero-order valence-electron chi connectivity index (χ0n) is 14.7. The Morgan fingerprint density at radius 1 is 1.36 bits per heavy atom. The van der Waals surface area contributed by atoms with Gasteiger partial charge in [0.15, 0.2) is 5.96 Å². The SMILES string of the molecule is CC(C)(C)N1CC(CNC2C(O)C(O)C3OC23)C2C(=O)NC(N)=NC21. The van der Waals surface area contributed by atoms with Crippen LogP contribution in [0.1, 0.15) is 20.8 Å². The third kappa shape index (κ3) is 2.74. The van der Waals surface area contributed by atoms with E-state index in [1.807, 2.05) is 0 Å². The highest BCUT2D eigenvalue weighted by Crippen LogP contribution is 2.40. The van der Waals surface area contributed by atoms with Crippen molar-refractivity contribution in [3.05, 3.63) is 0 Å². The quantitative estimate of drug-likeness (QED) is 0.356. The van der Waals surface area contributed by atoms with Crippen molar-refractivity contribution in [1.29, 1.82) is 0 Å². The molecule has 8 atom stereocenters. The standard InChI is InChI=1S/C16H27N5O4/c1-16(2,3)21-5-6(7-13(21)19-15(17)20-14(7)24)4-18-8-9(22)10(23)12-11(8)25-12/h6-13,18,22-23H,4-5H2,1-3H3,(H3,17,19,20,24). The Balaban J connectivity index is 1.49. The second-order valence-electron chi connectivity index (χ2n) is 8.51. The van der Waals surface area contributed by atoms with Crippen LogP contribution in [-0.2, 0) is 9.53 Å². The Labute approximate surface area is 146 Å². The van der Waals surface area contributed by atoms with Crippen molar-refractivity contribution in [2.75, 3.05) is 13.1 Å². The number of epoxide rings is 1. The first-order valence-electron chi connectivity index (χ1n) is 8.84. The number of nitrogens with one attached hydrogen (secondary N) is 2. The molecule has 0 radical (unpaired) electrons. The molecule has 1 aliphatic carbocycles. The highest BCUT2D eigenvalue weighted by Gasteiger charge is 2.61. The molecule has 0 bridgehead atoms. The molecule has 140 valence electrons. The molecule has 3 heterocycles. The summed E-state index contributed by atoms with van der Waals surface area (Å²) in [5, 5.41) is 25.9. The molecule has 6 N–H and O–H groups in total. The van der Waals surface area contributed by atoms with Crippen LogP contribution in [0.5, 0.6) is 0 Å². The molecule has 2 saturated heterocycles. The number of rotatable bonds is 3. The molecule has 25 heavy (non-hydrogen) atoms. The van der Waals surface area contributed by atoms with Crippen molar-refractivity contribution < 1.29 is 19.7 Å². The fraction of sp³-hybridized carbons (Fsp3) is 0.875. The Kier molecular flexibility index (Phi) is 3.86. The van der Waals surface area contributed by atoms with Gasteiger partial charge in [-0.05, 0) is 26.7 Å². The van der Waals surface area contributed by atoms with Gasteiger partial charge in [-0.2, -0.15) is 0 Å². The number of hydrogen-bond acceptors (Lipinski definition) is 8. The van der Waals surface area contributed by atoms with Gasteiger partial charge < -0.3 is 26.0 Å². The molecule has 9 nitrogen and oxygen atoms in total. The zero-order valence-corrected chi connectivity index (χ0v) is 14.7. The molecular formula is C16H27N5O4. The number of hydrogen-bond donors (Lipinski definition) is 5. The number of fused-ring (bicyclic) bond motifs is 2. The fourth-order valence-electron chi connectivity index (χ4n) is 4.48. The summed E-state index contributed by atoms with van der Waals surface area (Å²) in [4.78, 5) is 19.2. The molecular weight excluding hydrogens is 326 g/mol. The monoisotopic (exact) mass is 353 g/mol. The third-order valence-electron chi connectivity index (χ3n) is 5.85. The van der Waals surface area contributed by atoms with E-state index in [0.29, 0.717) is 13.1 Å². The first kappa shape index (κ1) is 17.2. The summed E-state index contributed by atoms with van der Waals surface area (Å²) in [6.07, 6.45) is -2.36. The molecule has 0 aromatic heterocycles. The molecule has 9 heteroatoms. The zero-order chi connectivity index (χ0) is 18.1. The molecule has 0 aromatic carbocycles. The second kappa shape index (κ2) is 5.62. The maximum Gasteiger partial charge on any atom is 0.233 e. The largest absolute Gasteiger partial charge is 0.389 e. The van der Waals surface area contributed by atoms with E-state index in [-0.39, 0.29) is 53.7 Å². The topological polar surface area (TPSA) is 136 Å². The average molecular weight is 353 g/mol. The summed E-state index contributed by atoms with van der Waals surface area (Å²) < 4.78 is 5.38. The summed E-state index contributed by atoms with van der Waals surface area (Å²) in [6, 6.07) is -0.303. The van der Waals surface area contributed by atoms with Crippen molar-refractivity contribution in [1.82, 2.24) is 15.5 Å². The number of aliphatic hydroxyl groups is 2. The average Bonchev–Trinajstić information content (AvgIpc) is 3.13. The lowest BCUT2D eigenvalue weighted by atomic mass is 9.91. The van der Waals surface area contributed by atoms with Crippen LogP contribution in [0, 0.1) is 11.8 Å². The highest BCUT2D eigenvalue weighted by molar-refractivity contribution is 5.99. The molecule has 8 unspecified atom stereocenters. The molecule has 1 amide bonds. The van der Waals surface area contributed by atoms with E-state index in [0.717, 1.165) is 0 Å². The second-order valence-corrected chi connectivity index (χ2v) is 8.51. The van der Waals surface area contributed by atoms with Crippen LogP contribution in [0.2, 0.25) is 0 Å². The Morgan fingerprint density at radius 3 is 2.68 bits per heavy atom. The maximum absolute atomic E-state index is 12.5. The van der Waals surface area contributed by atoms with Gasteiger partial charge in [-0.15, -0.1) is 0 Å². The van der Waals surface area contributed by atoms with E-state index in [1.165, 1.54) is 0 Å². The maximum atomic E-state index is 12.5. The predicted molar refractivity (Wildman–Crippen MR) is 89.5 cm³/mol. The van der Waals surface area contributed by atoms with Crippen molar-refractivity contribution in [3.8, 4) is 0 Å². The summed E-state index contributed by atoms with van der Waals surface area (Å²) in [5.41, 5.74) is 5.62. The van der Waals surface area contributed by atoms with Gasteiger partial charge in [-0.3, -0.25) is 15.0 Å². The smallest absolute Gasteiger partial charge is 0.233 e. The first-order valence-corrected chi connectivity index (χ1v) is 8.84. The molecule has 1 saturated carbocycles. The third-order valence-corrected chi connectivity index (χ3v) is 5.85. The van der Waals surface area contributed by atoms with Gasteiger partial charge >= 0.3 is 0 Å². The van der Waals surface area contributed by atoms with Gasteiger partial charge in [0, 0.05) is 18.6 Å². The van der Waals surface area contributed by atoms with Crippen LogP contribution in [0.4, 0.5) is 0 Å². The van der Waals surface area contributed by atoms with Crippen LogP contribution >= 0.6 is 0 Å². The van der Waals surface area contributed by atoms with E-state index in [9.17, 15) is 15.0 Å². The van der Waals surface area contributed by atoms with Crippen LogP contribution < -0.4 is 16.4 Å². The highest BCUT2D eigenvalue weighted by atomic mass is 16.6. The van der Waals surface area contributed by atoms with Gasteiger partial charge in [0.2, 0.25) is 5.91 Å². The number of nitrogens with two attached hydrogens (primary N) is 1. The van der Waals surface area contributed by atoms with Crippen LogP contribution in [0.25, 0.3) is 0 Å². The van der Waals surface area contributed by atoms with Crippen molar-refractivity contribution in [2.45, 2.75) is 62.9 Å². The number of carbonyl (C=O) groups excluding carboxylic acids is 1. The summed E-state index contributed by atoms with van der Waals surface area (Å²) >= 11 is 0. The van der Waals surface area contributed by atoms with E-state index >= 15 is 0 Å². The van der Waals surface area contributed by atoms with Gasteiger partial charge in [0.25, 0.3) is 0 Å². The minimum Gasteiger partial charge on any atom is -0.389 e. The Bertz CT molecular complexity index is 606. The van der Waals surface area contributed by atoms with Gasteiger partial charge in [0.1, 0.15) is 30.6 Å². The lowest BCUT2D eigenvalue weighted by Gasteiger charge is -2.37. The number of carbonyl (C=O) groups is 1. The number of guanidine groups is 1. The van der Waals surface area contributed by atoms with Crippen molar-refractivity contribution >= 4 is 11.9 Å². The van der Waals surface area contributed by atoms with Crippen LogP contribution in [0.3, 0.4) is 0 Å². The summed E-state index contributed by atoms with van der Waals surface area (Å²) in [7, 11) is 0. The fourth-order valence-corrected chi connectivity index (χ4v) is 4.48. The lowest BCUT2D eigenvalue weighted by Crippen LogP contribution is -2.54. The first-order chi connectivity index (χ1) is 11.7. The predicted octanol–water partition coefficient (Wildman–Crippen LogP) is -2.44. The lowest BCUT2D eigenvalue weighted by molar-refractivity contribution is -0.126. The normalized spacial score (nSPS) is 46.4. The van der Waals surface area contributed by atoms with Gasteiger partial charge in [0.05, 0.1) is 12.0 Å². The van der Waals surface area contributed by atoms with Crippen LogP contribution in [0.15, 0.2) is 4.99 Å². The minimum absolute atomic E-state index is 0.0308. The Morgan fingerprint density at radius 2 is 2.08 bits per heavy atom. The molecule has 3 aliphatic heterocycles. The number of ether oxygens (including phenoxy) is 1. The van der Waals surface area contributed by atoms with Crippen LogP contribution in [-0.4, -0.2) is 82.2 Å². The van der Waals surface area contributed by atoms with E-state index in [4.69, 9.17) is 10.5 Å². The number of nitrogens with zero attached hydrogens (tertiary/aromatic N) is 2. The van der Waals surface area contributed by atoms with E-state index in [2.05, 4.69) is 41.3 Å². The molecule has 0 spiro atoms. The number of aliphatic imine (C=N–C) groups is 1. The molecule has 0 aromatic rings. The van der Waals surface area contributed by atoms with Gasteiger partial charge in [-0.1, -0.05) is 0 Å². The van der Waals surface area contributed by atoms with Crippen molar-refractivity contribution in [3.63, 3.8) is 0 Å². The van der Waals surface area contributed by atoms with E-state index in [1.54, 1.807) is 0 Å². The molecule has 3 fully saturated rings. The summed E-state index contributed by atoms with van der Waals surface area (Å²) in [5.74, 6) is -0.206. The number of amides is 1. The Hall–Kier alpha value is -1.26.